The molecule has 0 aliphatic rings. The van der Waals surface area contributed by atoms with Crippen LogP contribution in [0.25, 0.3) is 10.8 Å². The van der Waals surface area contributed by atoms with Crippen LogP contribution in [0.4, 0.5) is 0 Å². The molecule has 3 aromatic rings. The Balaban J connectivity index is 1.74. The lowest BCUT2D eigenvalue weighted by atomic mass is 10.1. The van der Waals surface area contributed by atoms with Crippen LogP contribution >= 0.6 is 0 Å². The number of fused-ring (bicyclic) bond motifs is 1. The van der Waals surface area contributed by atoms with Crippen molar-refractivity contribution in [1.29, 1.82) is 0 Å². The quantitative estimate of drug-likeness (QED) is 0.783. The van der Waals surface area contributed by atoms with Crippen molar-refractivity contribution in [3.63, 3.8) is 0 Å². The van der Waals surface area contributed by atoms with Crippen molar-refractivity contribution in [1.82, 2.24) is 14.7 Å². The minimum absolute atomic E-state index is 0.274. The third-order valence-corrected chi connectivity index (χ3v) is 4.81. The zero-order chi connectivity index (χ0) is 15.4. The zero-order valence-electron chi connectivity index (χ0n) is 11.8. The van der Waals surface area contributed by atoms with Crippen LogP contribution in [0.3, 0.4) is 0 Å². The number of sulfonamides is 1. The molecule has 0 saturated heterocycles. The fourth-order valence-corrected chi connectivity index (χ4v) is 3.27. The Morgan fingerprint density at radius 1 is 0.955 bits per heavy atom. The highest BCUT2D eigenvalue weighted by Gasteiger charge is 2.13. The predicted octanol–water partition coefficient (Wildman–Crippen LogP) is 2.15. The largest absolute Gasteiger partial charge is 0.245 e. The van der Waals surface area contributed by atoms with Gasteiger partial charge in [0, 0.05) is 18.9 Å². The van der Waals surface area contributed by atoms with Gasteiger partial charge in [0.1, 0.15) is 6.33 Å². The first-order chi connectivity index (χ1) is 10.6. The first-order valence-corrected chi connectivity index (χ1v) is 8.36. The minimum Gasteiger partial charge on any atom is -0.245 e. The number of nitrogens with zero attached hydrogens (tertiary/aromatic N) is 2. The Morgan fingerprint density at radius 2 is 1.68 bits per heavy atom. The standard InChI is InChI=1S/C16H15N3O2S/c20-22(21,19-8-7-13-10-17-12-18-11-13)16-6-5-14-3-1-2-4-15(14)9-16/h1-6,9-12,19H,7-8H2. The zero-order valence-corrected chi connectivity index (χ0v) is 12.6. The summed E-state index contributed by atoms with van der Waals surface area (Å²) < 4.78 is 27.3. The lowest BCUT2D eigenvalue weighted by Crippen LogP contribution is -2.26. The van der Waals surface area contributed by atoms with Gasteiger partial charge in [-0.2, -0.15) is 0 Å². The lowest BCUT2D eigenvalue weighted by Gasteiger charge is -2.07. The Hall–Kier alpha value is -2.31. The van der Waals surface area contributed by atoms with E-state index < -0.39 is 10.0 Å². The van der Waals surface area contributed by atoms with Crippen molar-refractivity contribution in [3.05, 3.63) is 66.7 Å². The molecule has 0 amide bonds. The summed E-state index contributed by atoms with van der Waals surface area (Å²) in [6.45, 7) is 0.308. The topological polar surface area (TPSA) is 72.0 Å². The molecule has 0 bridgehead atoms. The molecular formula is C16H15N3O2S. The van der Waals surface area contributed by atoms with E-state index in [1.165, 1.54) is 6.33 Å². The third-order valence-electron chi connectivity index (χ3n) is 3.35. The number of nitrogens with one attached hydrogen (secondary N) is 1. The second kappa shape index (κ2) is 6.21. The van der Waals surface area contributed by atoms with Gasteiger partial charge in [0.05, 0.1) is 4.90 Å². The molecule has 3 rings (SSSR count). The maximum atomic E-state index is 12.3. The van der Waals surface area contributed by atoms with Crippen LogP contribution in [-0.4, -0.2) is 24.9 Å². The number of hydrogen-bond acceptors (Lipinski definition) is 4. The van der Waals surface area contributed by atoms with E-state index in [1.807, 2.05) is 30.3 Å². The number of hydrogen-bond donors (Lipinski definition) is 1. The van der Waals surface area contributed by atoms with Gasteiger partial charge in [0.25, 0.3) is 0 Å². The molecular weight excluding hydrogens is 298 g/mol. The third kappa shape index (κ3) is 3.29. The molecule has 6 heteroatoms. The highest BCUT2D eigenvalue weighted by molar-refractivity contribution is 7.89. The first kappa shape index (κ1) is 14.6. The van der Waals surface area contributed by atoms with Crippen molar-refractivity contribution >= 4 is 20.8 Å². The van der Waals surface area contributed by atoms with Gasteiger partial charge in [-0.25, -0.2) is 23.1 Å². The number of aromatic nitrogens is 2. The van der Waals surface area contributed by atoms with Gasteiger partial charge < -0.3 is 0 Å². The van der Waals surface area contributed by atoms with Crippen molar-refractivity contribution in [2.75, 3.05) is 6.54 Å². The van der Waals surface area contributed by atoms with E-state index in [1.54, 1.807) is 24.5 Å². The molecule has 0 unspecified atom stereocenters. The van der Waals surface area contributed by atoms with Gasteiger partial charge in [0.2, 0.25) is 10.0 Å². The van der Waals surface area contributed by atoms with Gasteiger partial charge in [-0.05, 0) is 34.9 Å². The molecule has 0 saturated carbocycles. The maximum absolute atomic E-state index is 12.3. The molecule has 5 nitrogen and oxygen atoms in total. The molecule has 112 valence electrons. The summed E-state index contributed by atoms with van der Waals surface area (Å²) in [6.07, 6.45) is 5.35. The molecule has 0 fully saturated rings. The normalized spacial score (nSPS) is 11.6. The van der Waals surface area contributed by atoms with Gasteiger partial charge >= 0.3 is 0 Å². The van der Waals surface area contributed by atoms with Gasteiger partial charge in [-0.15, -0.1) is 0 Å². The fourth-order valence-electron chi connectivity index (χ4n) is 2.21. The predicted molar refractivity (Wildman–Crippen MR) is 84.9 cm³/mol. The van der Waals surface area contributed by atoms with E-state index in [2.05, 4.69) is 14.7 Å². The minimum atomic E-state index is -3.51. The molecule has 0 radical (unpaired) electrons. The van der Waals surface area contributed by atoms with Gasteiger partial charge in [0.15, 0.2) is 0 Å². The van der Waals surface area contributed by atoms with Crippen LogP contribution < -0.4 is 4.72 Å². The summed E-state index contributed by atoms with van der Waals surface area (Å²) in [7, 11) is -3.51. The Kier molecular flexibility index (Phi) is 4.13. The Bertz CT molecular complexity index is 880. The fraction of sp³-hybridized carbons (Fsp3) is 0.125. The number of rotatable bonds is 5. The molecule has 1 aromatic heterocycles. The summed E-state index contributed by atoms with van der Waals surface area (Å²) in [5.74, 6) is 0. The second-order valence-electron chi connectivity index (χ2n) is 4.90. The summed E-state index contributed by atoms with van der Waals surface area (Å²) in [4.78, 5) is 8.08. The van der Waals surface area contributed by atoms with Crippen molar-refractivity contribution < 1.29 is 8.42 Å². The maximum Gasteiger partial charge on any atom is 0.240 e. The van der Waals surface area contributed by atoms with E-state index in [0.29, 0.717) is 13.0 Å². The molecule has 22 heavy (non-hydrogen) atoms. The van der Waals surface area contributed by atoms with E-state index in [4.69, 9.17) is 0 Å². The van der Waals surface area contributed by atoms with Gasteiger partial charge in [-0.1, -0.05) is 30.3 Å². The van der Waals surface area contributed by atoms with Gasteiger partial charge in [-0.3, -0.25) is 0 Å². The Labute approximate surface area is 129 Å². The summed E-state index contributed by atoms with van der Waals surface area (Å²) >= 11 is 0. The highest BCUT2D eigenvalue weighted by Crippen LogP contribution is 2.18. The lowest BCUT2D eigenvalue weighted by molar-refractivity contribution is 0.581. The summed E-state index contributed by atoms with van der Waals surface area (Å²) in [6, 6.07) is 12.8. The van der Waals surface area contributed by atoms with E-state index in [0.717, 1.165) is 16.3 Å². The average Bonchev–Trinajstić information content (AvgIpc) is 2.55. The van der Waals surface area contributed by atoms with Crippen LogP contribution in [0.2, 0.25) is 0 Å². The van der Waals surface area contributed by atoms with E-state index >= 15 is 0 Å². The second-order valence-corrected chi connectivity index (χ2v) is 6.67. The Morgan fingerprint density at radius 3 is 2.45 bits per heavy atom. The van der Waals surface area contributed by atoms with Crippen LogP contribution in [-0.2, 0) is 16.4 Å². The van der Waals surface area contributed by atoms with Crippen LogP contribution in [0.15, 0.2) is 66.1 Å². The van der Waals surface area contributed by atoms with E-state index in [9.17, 15) is 8.42 Å². The SMILES string of the molecule is O=S(=O)(NCCc1cncnc1)c1ccc2ccccc2c1. The molecule has 1 N–H and O–H groups in total. The summed E-state index contributed by atoms with van der Waals surface area (Å²) in [5.41, 5.74) is 0.892. The molecule has 1 heterocycles. The average molecular weight is 313 g/mol. The summed E-state index contributed by atoms with van der Waals surface area (Å²) in [5, 5.41) is 1.92. The van der Waals surface area contributed by atoms with E-state index in [-0.39, 0.29) is 4.90 Å². The van der Waals surface area contributed by atoms with Crippen molar-refractivity contribution in [2.45, 2.75) is 11.3 Å². The molecule has 0 aliphatic carbocycles. The molecule has 0 spiro atoms. The van der Waals surface area contributed by atoms with Crippen LogP contribution in [0, 0.1) is 0 Å². The molecule has 0 atom stereocenters. The first-order valence-electron chi connectivity index (χ1n) is 6.87. The van der Waals surface area contributed by atoms with Crippen molar-refractivity contribution in [3.8, 4) is 0 Å². The smallest absolute Gasteiger partial charge is 0.240 e. The molecule has 2 aromatic carbocycles. The monoisotopic (exact) mass is 313 g/mol. The molecule has 0 aliphatic heterocycles. The van der Waals surface area contributed by atoms with Crippen LogP contribution in [0.1, 0.15) is 5.56 Å². The van der Waals surface area contributed by atoms with Crippen molar-refractivity contribution in [2.24, 2.45) is 0 Å². The number of benzene rings is 2. The van der Waals surface area contributed by atoms with Crippen LogP contribution in [0.5, 0.6) is 0 Å². The highest BCUT2D eigenvalue weighted by atomic mass is 32.2.